The Kier molecular flexibility index (Phi) is 9.47. The number of aliphatic carboxylic acids is 1. The second-order valence-corrected chi connectivity index (χ2v) is 11.9. The molecule has 0 bridgehead atoms. The number of carboxylic acids is 1. The number of carboxylic acid groups (broad SMARTS) is 1. The molecule has 0 radical (unpaired) electrons. The molecule has 1 aromatic carbocycles. The lowest BCUT2D eigenvalue weighted by atomic mass is 9.71. The third kappa shape index (κ3) is 6.69. The molecule has 1 saturated heterocycles. The lowest BCUT2D eigenvalue weighted by Crippen LogP contribution is -2.42. The van der Waals surface area contributed by atoms with Crippen molar-refractivity contribution in [3.8, 4) is 5.75 Å². The molecule has 1 saturated carbocycles. The van der Waals surface area contributed by atoms with Gasteiger partial charge < -0.3 is 20.5 Å². The highest BCUT2D eigenvalue weighted by atomic mass is 32.2. The number of thioether (sulfide) groups is 1. The highest BCUT2D eigenvalue weighted by Crippen LogP contribution is 2.43. The molecule has 0 spiro atoms. The Bertz CT molecular complexity index is 1020. The Morgan fingerprint density at radius 2 is 2.08 bits per heavy atom. The van der Waals surface area contributed by atoms with Gasteiger partial charge in [-0.1, -0.05) is 12.8 Å². The van der Waals surface area contributed by atoms with Gasteiger partial charge in [0.2, 0.25) is 0 Å². The number of hydrogen-bond acceptors (Lipinski definition) is 6. The Balaban J connectivity index is 1.41. The molecule has 3 N–H and O–H groups in total. The molecule has 2 heterocycles. The number of benzene rings is 1. The fourth-order valence-corrected chi connectivity index (χ4v) is 7.32. The molecule has 6 nitrogen and oxygen atoms in total. The van der Waals surface area contributed by atoms with Crippen LogP contribution in [0.1, 0.15) is 75.1 Å². The van der Waals surface area contributed by atoms with Gasteiger partial charge in [-0.05, 0) is 80.8 Å². The summed E-state index contributed by atoms with van der Waals surface area (Å²) in [5.41, 5.74) is 7.54. The van der Waals surface area contributed by atoms with Gasteiger partial charge in [-0.25, -0.2) is 4.39 Å². The number of halogens is 1. The van der Waals surface area contributed by atoms with E-state index in [-0.39, 0.29) is 24.8 Å². The number of piperidine rings is 1. The number of alkyl halides is 1. The zero-order chi connectivity index (χ0) is 25.5. The van der Waals surface area contributed by atoms with Gasteiger partial charge in [0.15, 0.2) is 0 Å². The molecular formula is C28H40FN3O3S. The molecule has 4 rings (SSSR count). The van der Waals surface area contributed by atoms with Crippen molar-refractivity contribution in [1.82, 2.24) is 9.88 Å². The minimum atomic E-state index is -1.24. The van der Waals surface area contributed by atoms with Crippen LogP contribution in [-0.4, -0.2) is 58.7 Å². The predicted molar refractivity (Wildman–Crippen MR) is 144 cm³/mol. The number of ether oxygens (including phenoxy) is 1. The fraction of sp³-hybridized carbons (Fsp3) is 0.643. The van der Waals surface area contributed by atoms with Crippen LogP contribution in [0.15, 0.2) is 24.4 Å². The molecule has 1 aliphatic carbocycles. The van der Waals surface area contributed by atoms with E-state index >= 15 is 4.39 Å². The Labute approximate surface area is 218 Å². The van der Waals surface area contributed by atoms with Crippen LogP contribution >= 0.6 is 11.8 Å². The number of carbonyl (C=O) groups is 1. The van der Waals surface area contributed by atoms with Crippen LogP contribution in [-0.2, 0) is 11.3 Å². The van der Waals surface area contributed by atoms with E-state index in [1.807, 2.05) is 18.2 Å². The first-order valence-electron chi connectivity index (χ1n) is 13.3. The second kappa shape index (κ2) is 12.6. The smallest absolute Gasteiger partial charge is 0.303 e. The molecular weight excluding hydrogens is 477 g/mol. The molecule has 2 aromatic rings. The minimum absolute atomic E-state index is 0.0963. The first-order valence-corrected chi connectivity index (χ1v) is 14.3. The van der Waals surface area contributed by atoms with Crippen molar-refractivity contribution in [1.29, 1.82) is 0 Å². The van der Waals surface area contributed by atoms with Crippen LogP contribution in [0.3, 0.4) is 0 Å². The van der Waals surface area contributed by atoms with Gasteiger partial charge in [-0.15, -0.1) is 0 Å². The van der Waals surface area contributed by atoms with Crippen molar-refractivity contribution in [3.05, 3.63) is 35.5 Å². The summed E-state index contributed by atoms with van der Waals surface area (Å²) < 4.78 is 21.3. The Morgan fingerprint density at radius 1 is 1.33 bits per heavy atom. The van der Waals surface area contributed by atoms with Gasteiger partial charge in [0.25, 0.3) is 0 Å². The largest absolute Gasteiger partial charge is 0.497 e. The molecule has 2 fully saturated rings. The molecule has 1 aliphatic heterocycles. The number of aromatic nitrogens is 1. The topological polar surface area (TPSA) is 88.7 Å². The summed E-state index contributed by atoms with van der Waals surface area (Å²) in [5, 5.41) is 11.2. The maximum absolute atomic E-state index is 15.9. The predicted octanol–water partition coefficient (Wildman–Crippen LogP) is 5.73. The van der Waals surface area contributed by atoms with E-state index in [1.54, 1.807) is 13.3 Å². The zero-order valence-corrected chi connectivity index (χ0v) is 22.2. The molecule has 0 unspecified atom stereocenters. The number of nitrogens with zero attached hydrogens (tertiary/aromatic N) is 2. The average molecular weight is 518 g/mol. The van der Waals surface area contributed by atoms with E-state index in [1.165, 1.54) is 25.7 Å². The maximum Gasteiger partial charge on any atom is 0.303 e. The quantitative estimate of drug-likeness (QED) is 0.372. The van der Waals surface area contributed by atoms with Crippen LogP contribution in [0, 0.1) is 5.41 Å². The van der Waals surface area contributed by atoms with Gasteiger partial charge in [0.1, 0.15) is 11.9 Å². The number of likely N-dealkylation sites (tertiary alicyclic amines) is 1. The Hall–Kier alpha value is -1.90. The number of rotatable bonds is 12. The van der Waals surface area contributed by atoms with Gasteiger partial charge in [-0.3, -0.25) is 9.78 Å². The van der Waals surface area contributed by atoms with Crippen molar-refractivity contribution in [2.75, 3.05) is 32.5 Å². The SMILES string of the molecule is COc1ccc2ncc(CN)c([C@H](F)CCC3(CC(=O)O)CCN(CCSC4CCCC4)CC3)c2c1. The summed E-state index contributed by atoms with van der Waals surface area (Å²) in [7, 11) is 1.59. The van der Waals surface area contributed by atoms with Crippen molar-refractivity contribution < 1.29 is 19.0 Å². The summed E-state index contributed by atoms with van der Waals surface area (Å²) >= 11 is 2.10. The summed E-state index contributed by atoms with van der Waals surface area (Å²) in [6.45, 7) is 3.03. The molecule has 1 atom stereocenters. The molecule has 2 aliphatic rings. The van der Waals surface area contributed by atoms with Gasteiger partial charge in [0.05, 0.1) is 19.0 Å². The summed E-state index contributed by atoms with van der Waals surface area (Å²) in [6, 6.07) is 5.46. The zero-order valence-electron chi connectivity index (χ0n) is 21.4. The van der Waals surface area contributed by atoms with Gasteiger partial charge >= 0.3 is 5.97 Å². The molecule has 198 valence electrons. The summed E-state index contributed by atoms with van der Waals surface area (Å²) in [5.74, 6) is 0.994. The standard InChI is InChI=1S/C28H40FN3O3S/c1-35-21-6-7-25-23(16-21)27(20(18-30)19-31-25)24(29)8-9-28(17-26(33)34)10-12-32(13-11-28)14-15-36-22-4-2-3-5-22/h6-7,16,19,22,24H,2-5,8-15,17-18,30H2,1H3,(H,33,34)/t24-/m1/s1. The molecule has 8 heteroatoms. The van der Waals surface area contributed by atoms with E-state index < -0.39 is 12.1 Å². The molecule has 1 aromatic heterocycles. The third-order valence-corrected chi connectivity index (χ3v) is 9.53. The second-order valence-electron chi connectivity index (χ2n) is 10.5. The third-order valence-electron chi connectivity index (χ3n) is 8.17. The lowest BCUT2D eigenvalue weighted by molar-refractivity contribution is -0.141. The van der Waals surface area contributed by atoms with Gasteiger partial charge in [-0.2, -0.15) is 11.8 Å². The maximum atomic E-state index is 15.9. The van der Waals surface area contributed by atoms with E-state index in [0.29, 0.717) is 34.2 Å². The normalized spacial score (nSPS) is 19.5. The van der Waals surface area contributed by atoms with Crippen molar-refractivity contribution >= 4 is 28.6 Å². The molecule has 0 amide bonds. The number of pyridine rings is 1. The number of nitrogens with two attached hydrogens (primary N) is 1. The summed E-state index contributed by atoms with van der Waals surface area (Å²) in [6.07, 6.45) is 8.36. The average Bonchev–Trinajstić information content (AvgIpc) is 3.40. The van der Waals surface area contributed by atoms with E-state index in [9.17, 15) is 9.90 Å². The van der Waals surface area contributed by atoms with Crippen LogP contribution in [0.25, 0.3) is 10.9 Å². The number of hydrogen-bond donors (Lipinski definition) is 2. The fourth-order valence-electron chi connectivity index (χ4n) is 5.96. The highest BCUT2D eigenvalue weighted by Gasteiger charge is 2.37. The van der Waals surface area contributed by atoms with Crippen LogP contribution in [0.4, 0.5) is 4.39 Å². The lowest BCUT2D eigenvalue weighted by Gasteiger charge is -2.41. The van der Waals surface area contributed by atoms with Crippen molar-refractivity contribution in [2.24, 2.45) is 11.1 Å². The van der Waals surface area contributed by atoms with Crippen LogP contribution in [0.2, 0.25) is 0 Å². The van der Waals surface area contributed by atoms with E-state index in [2.05, 4.69) is 21.6 Å². The van der Waals surface area contributed by atoms with Crippen molar-refractivity contribution in [2.45, 2.75) is 75.8 Å². The first-order chi connectivity index (χ1) is 17.4. The summed E-state index contributed by atoms with van der Waals surface area (Å²) in [4.78, 5) is 18.7. The molecule has 36 heavy (non-hydrogen) atoms. The van der Waals surface area contributed by atoms with Crippen molar-refractivity contribution in [3.63, 3.8) is 0 Å². The first kappa shape index (κ1) is 27.1. The number of fused-ring (bicyclic) bond motifs is 1. The highest BCUT2D eigenvalue weighted by molar-refractivity contribution is 7.99. The number of methoxy groups -OCH3 is 1. The van der Waals surface area contributed by atoms with Crippen LogP contribution in [0.5, 0.6) is 5.75 Å². The van der Waals surface area contributed by atoms with E-state index in [0.717, 1.165) is 43.5 Å². The van der Waals surface area contributed by atoms with E-state index in [4.69, 9.17) is 10.5 Å². The van der Waals surface area contributed by atoms with Crippen LogP contribution < -0.4 is 10.5 Å². The monoisotopic (exact) mass is 517 g/mol. The minimum Gasteiger partial charge on any atom is -0.497 e. The Morgan fingerprint density at radius 3 is 2.75 bits per heavy atom. The van der Waals surface area contributed by atoms with Gasteiger partial charge in [0, 0.05) is 41.2 Å².